The van der Waals surface area contributed by atoms with Crippen molar-refractivity contribution in [2.45, 2.75) is 0 Å². The second-order valence-corrected chi connectivity index (χ2v) is 9.85. The molecule has 1 aromatic heterocycles. The van der Waals surface area contributed by atoms with Crippen LogP contribution in [0.2, 0.25) is 0 Å². The van der Waals surface area contributed by atoms with Gasteiger partial charge >= 0.3 is 0 Å². The Bertz CT molecular complexity index is 3430. The van der Waals surface area contributed by atoms with Crippen LogP contribution >= 0.6 is 0 Å². The van der Waals surface area contributed by atoms with E-state index in [0.717, 1.165) is 0 Å². The third-order valence-electron chi connectivity index (χ3n) is 7.44. The highest BCUT2D eigenvalue weighted by Gasteiger charge is 2.18. The van der Waals surface area contributed by atoms with Crippen molar-refractivity contribution in [1.82, 2.24) is 0 Å². The lowest BCUT2D eigenvalue weighted by Crippen LogP contribution is -1.91. The first-order valence-corrected chi connectivity index (χ1v) is 13.3. The van der Waals surface area contributed by atoms with Gasteiger partial charge in [-0.15, -0.1) is 0 Å². The number of benzene rings is 8. The van der Waals surface area contributed by atoms with Crippen molar-refractivity contribution >= 4 is 54.3 Å². The van der Waals surface area contributed by atoms with Gasteiger partial charge in [-0.2, -0.15) is 0 Å². The Morgan fingerprint density at radius 1 is 0.372 bits per heavy atom. The summed E-state index contributed by atoms with van der Waals surface area (Å²) < 4.78 is 164. The van der Waals surface area contributed by atoms with Crippen LogP contribution in [-0.4, -0.2) is 0 Å². The lowest BCUT2D eigenvalue weighted by Gasteiger charge is -2.18. The summed E-state index contributed by atoms with van der Waals surface area (Å²) in [4.78, 5) is 0. The van der Waals surface area contributed by atoms with Gasteiger partial charge in [0.25, 0.3) is 0 Å². The molecule has 0 saturated heterocycles. The molecule has 0 bridgehead atoms. The van der Waals surface area contributed by atoms with Crippen molar-refractivity contribution < 1.29 is 29.1 Å². The highest BCUT2D eigenvalue weighted by Crippen LogP contribution is 2.45. The van der Waals surface area contributed by atoms with E-state index in [-0.39, 0.29) is 61.0 Å². The minimum Gasteiger partial charge on any atom is -0.456 e. The van der Waals surface area contributed by atoms with E-state index >= 15 is 0 Å². The van der Waals surface area contributed by atoms with Crippen LogP contribution in [0.4, 0.5) is 0 Å². The van der Waals surface area contributed by atoms with Crippen LogP contribution in [0.1, 0.15) is 24.7 Å². The van der Waals surface area contributed by atoms with E-state index in [1.807, 2.05) is 0 Å². The van der Waals surface area contributed by atoms with Gasteiger partial charge in [0, 0.05) is 10.8 Å². The fraction of sp³-hybridized carbons (Fsp3) is 0. The normalized spacial score (nSPS) is 17.6. The number of hydrogen-bond acceptors (Lipinski definition) is 1. The molecule has 1 heteroatoms. The maximum absolute atomic E-state index is 9.72. The van der Waals surface area contributed by atoms with Gasteiger partial charge in [-0.3, -0.25) is 0 Å². The molecule has 1 heterocycles. The monoisotopic (exact) mass is 564 g/mol. The lowest BCUT2D eigenvalue weighted by molar-refractivity contribution is 0.669. The van der Waals surface area contributed by atoms with Crippen molar-refractivity contribution in [3.05, 3.63) is 157 Å². The molecule has 9 rings (SSSR count). The minimum absolute atomic E-state index is 0.0974. The van der Waals surface area contributed by atoms with Crippen LogP contribution in [0.15, 0.2) is 162 Å². The Morgan fingerprint density at radius 3 is 1.58 bits per heavy atom. The van der Waals surface area contributed by atoms with Crippen molar-refractivity contribution in [2.24, 2.45) is 0 Å². The number of rotatable bonds is 3. The van der Waals surface area contributed by atoms with Crippen molar-refractivity contribution in [2.75, 3.05) is 0 Å². The molecular weight excluding hydrogens is 520 g/mol. The molecule has 0 aliphatic rings. The first kappa shape index (κ1) is 12.3. The first-order chi connectivity index (χ1) is 28.8. The average molecular weight is 565 g/mol. The molecule has 0 N–H and O–H groups in total. The third-order valence-corrected chi connectivity index (χ3v) is 7.44. The van der Waals surface area contributed by atoms with E-state index in [0.29, 0.717) is 21.5 Å². The van der Waals surface area contributed by atoms with E-state index in [2.05, 4.69) is 0 Å². The van der Waals surface area contributed by atoms with Crippen LogP contribution in [0.3, 0.4) is 0 Å². The SMILES string of the molecule is [2H]c1c([2H])c([2H])c(-c2c([2H])c([2H])c([2H])c(-c3c4ccccc4c(-c4c([2H])c([2H])c5oc6c([2H])c7c([2H])c([2H])c([2H])c([2H])c7c([2H])c6c5c4[2H])c4ccccc34)c2[2H])c([2H])c1[2H]. The maximum atomic E-state index is 9.72. The molecule has 0 saturated carbocycles. The second-order valence-electron chi connectivity index (χ2n) is 9.85. The third kappa shape index (κ3) is 3.79. The fourth-order valence-corrected chi connectivity index (χ4v) is 5.62. The van der Waals surface area contributed by atoms with Crippen molar-refractivity contribution in [1.29, 1.82) is 0 Å². The summed E-state index contributed by atoms with van der Waals surface area (Å²) >= 11 is 0. The lowest BCUT2D eigenvalue weighted by atomic mass is 9.85. The zero-order chi connectivity index (χ0) is 44.0. The molecule has 0 aliphatic heterocycles. The molecule has 9 aromatic rings. The summed E-state index contributed by atoms with van der Waals surface area (Å²) in [5.41, 5.74) is -1.35. The topological polar surface area (TPSA) is 13.1 Å². The standard InChI is InChI=1S/C42H26O/c1-2-11-27(12-3-1)28-15-10-16-31(23-28)41-33-17-6-8-19-35(33)42(36-20-9-7-18-34(36)41)32-21-22-39-37(25-32)38-24-29-13-4-5-14-30(29)26-40(38)43-39/h1-26H/i1D,2D,3D,4D,5D,10D,11D,12D,13D,14D,15D,16D,21D,22D,23D,24D,25D,26D. The summed E-state index contributed by atoms with van der Waals surface area (Å²) in [6.45, 7) is 0. The van der Waals surface area contributed by atoms with E-state index < -0.39 is 114 Å². The molecule has 0 unspecified atom stereocenters. The molecule has 0 atom stereocenters. The van der Waals surface area contributed by atoms with Gasteiger partial charge in [0.15, 0.2) is 0 Å². The van der Waals surface area contributed by atoms with E-state index in [4.69, 9.17) is 22.2 Å². The molecular formula is C42H26O. The second kappa shape index (κ2) is 9.44. The highest BCUT2D eigenvalue weighted by atomic mass is 16.3. The number of fused-ring (bicyclic) bond motifs is 6. The number of furan rings is 1. The Hall–Kier alpha value is -5.66. The average Bonchev–Trinajstić information content (AvgIpc) is 3.67. The Kier molecular flexibility index (Phi) is 2.70. The molecule has 0 amide bonds. The molecule has 0 fully saturated rings. The van der Waals surface area contributed by atoms with Crippen LogP contribution in [0.5, 0.6) is 0 Å². The van der Waals surface area contributed by atoms with Crippen LogP contribution in [0.25, 0.3) is 87.6 Å². The summed E-state index contributed by atoms with van der Waals surface area (Å²) in [7, 11) is 0. The van der Waals surface area contributed by atoms with Gasteiger partial charge in [-0.05, 0) is 95.9 Å². The summed E-state index contributed by atoms with van der Waals surface area (Å²) in [6, 6.07) is 2.68. The molecule has 0 radical (unpaired) electrons. The molecule has 43 heavy (non-hydrogen) atoms. The van der Waals surface area contributed by atoms with E-state index in [1.165, 1.54) is 0 Å². The van der Waals surface area contributed by atoms with E-state index in [9.17, 15) is 6.85 Å². The highest BCUT2D eigenvalue weighted by molar-refractivity contribution is 6.22. The van der Waals surface area contributed by atoms with Gasteiger partial charge < -0.3 is 4.42 Å². The van der Waals surface area contributed by atoms with Gasteiger partial charge in [-0.1, -0.05) is 127 Å². The molecule has 200 valence electrons. The summed E-state index contributed by atoms with van der Waals surface area (Å²) in [6.07, 6.45) is 0. The van der Waals surface area contributed by atoms with Crippen LogP contribution in [0, 0.1) is 0 Å². The maximum Gasteiger partial charge on any atom is 0.136 e. The van der Waals surface area contributed by atoms with Crippen LogP contribution < -0.4 is 0 Å². The minimum atomic E-state index is -0.708. The van der Waals surface area contributed by atoms with E-state index in [1.54, 1.807) is 48.5 Å². The fourth-order valence-electron chi connectivity index (χ4n) is 5.62. The molecule has 1 nitrogen and oxygen atoms in total. The largest absolute Gasteiger partial charge is 0.456 e. The van der Waals surface area contributed by atoms with Gasteiger partial charge in [-0.25, -0.2) is 0 Å². The van der Waals surface area contributed by atoms with Crippen molar-refractivity contribution in [3.63, 3.8) is 0 Å². The Labute approximate surface area is 274 Å². The van der Waals surface area contributed by atoms with Gasteiger partial charge in [0.2, 0.25) is 0 Å². The number of hydrogen-bond donors (Lipinski definition) is 0. The Balaban J connectivity index is 1.44. The first-order valence-electron chi connectivity index (χ1n) is 22.3. The van der Waals surface area contributed by atoms with Gasteiger partial charge in [0.1, 0.15) is 11.2 Å². The molecule has 0 spiro atoms. The zero-order valence-corrected chi connectivity index (χ0v) is 22.0. The summed E-state index contributed by atoms with van der Waals surface area (Å²) in [5, 5.41) is 0.531. The zero-order valence-electron chi connectivity index (χ0n) is 40.0. The predicted octanol–water partition coefficient (Wildman–Crippen LogP) is 12.0. The molecule has 0 aliphatic carbocycles. The Morgan fingerprint density at radius 2 is 0.907 bits per heavy atom. The quantitative estimate of drug-likeness (QED) is 0.195. The summed E-state index contributed by atoms with van der Waals surface area (Å²) in [5.74, 6) is 0. The smallest absolute Gasteiger partial charge is 0.136 e. The van der Waals surface area contributed by atoms with Crippen molar-refractivity contribution in [3.8, 4) is 33.4 Å². The van der Waals surface area contributed by atoms with Gasteiger partial charge in [0.05, 0.1) is 24.7 Å². The predicted molar refractivity (Wildman–Crippen MR) is 183 cm³/mol. The molecule has 8 aromatic carbocycles. The van der Waals surface area contributed by atoms with Crippen LogP contribution in [-0.2, 0) is 0 Å².